The van der Waals surface area contributed by atoms with Crippen molar-refractivity contribution in [3.8, 4) is 28.7 Å². The summed E-state index contributed by atoms with van der Waals surface area (Å²) in [5.41, 5.74) is -1.02. The highest BCUT2D eigenvalue weighted by molar-refractivity contribution is 5.97. The molecule has 0 aliphatic carbocycles. The van der Waals surface area contributed by atoms with Gasteiger partial charge in [-0.15, -0.1) is 0 Å². The molecule has 7 nitrogen and oxygen atoms in total. The summed E-state index contributed by atoms with van der Waals surface area (Å²) >= 11 is 0. The maximum absolute atomic E-state index is 12.4. The molecule has 0 aliphatic heterocycles. The Labute approximate surface area is 116 Å². The minimum Gasteiger partial charge on any atom is -0.508 e. The standard InChI is InChI=1S/C14H10O7/c1-20-9-4-6-11(17)10-7(16)2-5(15)3-8(10)21-14(6)13(19)12(9)18/h2-4,15-16,18-19H,1H3. The number of ether oxygens (including phenoxy) is 1. The van der Waals surface area contributed by atoms with Gasteiger partial charge in [0, 0.05) is 12.1 Å². The van der Waals surface area contributed by atoms with Crippen molar-refractivity contribution in [2.24, 2.45) is 0 Å². The normalized spacial score (nSPS) is 11.1. The minimum atomic E-state index is -0.661. The van der Waals surface area contributed by atoms with Crippen molar-refractivity contribution in [2.45, 2.75) is 0 Å². The molecule has 21 heavy (non-hydrogen) atoms. The van der Waals surface area contributed by atoms with Crippen LogP contribution in [0.5, 0.6) is 28.7 Å². The van der Waals surface area contributed by atoms with Crippen LogP contribution in [0.4, 0.5) is 0 Å². The molecule has 3 aromatic rings. The molecule has 1 aromatic heterocycles. The summed E-state index contributed by atoms with van der Waals surface area (Å²) < 4.78 is 10.2. The predicted molar refractivity (Wildman–Crippen MR) is 73.2 cm³/mol. The molecular weight excluding hydrogens is 280 g/mol. The molecule has 0 radical (unpaired) electrons. The summed E-state index contributed by atoms with van der Waals surface area (Å²) in [4.78, 5) is 12.4. The topological polar surface area (TPSA) is 120 Å². The highest BCUT2D eigenvalue weighted by Gasteiger charge is 2.20. The first-order valence-electron chi connectivity index (χ1n) is 5.85. The fourth-order valence-corrected chi connectivity index (χ4v) is 2.18. The van der Waals surface area contributed by atoms with Gasteiger partial charge >= 0.3 is 0 Å². The van der Waals surface area contributed by atoms with E-state index in [-0.39, 0.29) is 33.4 Å². The zero-order valence-corrected chi connectivity index (χ0v) is 10.7. The summed E-state index contributed by atoms with van der Waals surface area (Å²) in [6.07, 6.45) is 0. The molecule has 0 bridgehead atoms. The molecule has 3 rings (SSSR count). The first-order valence-corrected chi connectivity index (χ1v) is 5.85. The average molecular weight is 290 g/mol. The van der Waals surface area contributed by atoms with E-state index in [1.165, 1.54) is 13.2 Å². The van der Waals surface area contributed by atoms with Crippen LogP contribution in [0.1, 0.15) is 0 Å². The van der Waals surface area contributed by atoms with E-state index in [0.717, 1.165) is 12.1 Å². The Morgan fingerprint density at radius 2 is 1.76 bits per heavy atom. The monoisotopic (exact) mass is 290 g/mol. The van der Waals surface area contributed by atoms with Crippen molar-refractivity contribution in [1.82, 2.24) is 0 Å². The molecule has 0 aliphatic rings. The number of hydrogen-bond acceptors (Lipinski definition) is 7. The van der Waals surface area contributed by atoms with Crippen molar-refractivity contribution in [3.05, 3.63) is 28.4 Å². The van der Waals surface area contributed by atoms with Crippen LogP contribution in [0, 0.1) is 0 Å². The molecule has 0 saturated heterocycles. The maximum Gasteiger partial charge on any atom is 0.205 e. The number of fused-ring (bicyclic) bond motifs is 2. The Morgan fingerprint density at radius 3 is 2.43 bits per heavy atom. The van der Waals surface area contributed by atoms with Crippen LogP contribution in [0.2, 0.25) is 0 Å². The highest BCUT2D eigenvalue weighted by Crippen LogP contribution is 2.42. The van der Waals surface area contributed by atoms with E-state index in [4.69, 9.17) is 9.15 Å². The zero-order valence-electron chi connectivity index (χ0n) is 10.7. The van der Waals surface area contributed by atoms with Crippen LogP contribution in [-0.2, 0) is 0 Å². The van der Waals surface area contributed by atoms with Crippen LogP contribution in [0.15, 0.2) is 27.4 Å². The molecule has 1 heterocycles. The van der Waals surface area contributed by atoms with Crippen molar-refractivity contribution in [2.75, 3.05) is 7.11 Å². The summed E-state index contributed by atoms with van der Waals surface area (Å²) in [5.74, 6) is -2.10. The van der Waals surface area contributed by atoms with Crippen molar-refractivity contribution >= 4 is 21.9 Å². The summed E-state index contributed by atoms with van der Waals surface area (Å²) in [6.45, 7) is 0. The lowest BCUT2D eigenvalue weighted by atomic mass is 10.1. The lowest BCUT2D eigenvalue weighted by molar-refractivity contribution is 0.351. The van der Waals surface area contributed by atoms with Gasteiger partial charge < -0.3 is 29.6 Å². The van der Waals surface area contributed by atoms with E-state index in [2.05, 4.69) is 0 Å². The molecule has 108 valence electrons. The van der Waals surface area contributed by atoms with Crippen LogP contribution in [-0.4, -0.2) is 27.5 Å². The molecule has 0 saturated carbocycles. The average Bonchev–Trinajstić information content (AvgIpc) is 2.42. The van der Waals surface area contributed by atoms with Gasteiger partial charge in [-0.05, 0) is 6.07 Å². The second-order valence-electron chi connectivity index (χ2n) is 4.42. The second-order valence-corrected chi connectivity index (χ2v) is 4.42. The molecule has 0 amide bonds. The largest absolute Gasteiger partial charge is 0.508 e. The first-order chi connectivity index (χ1) is 9.93. The van der Waals surface area contributed by atoms with Gasteiger partial charge in [0.05, 0.1) is 12.5 Å². The van der Waals surface area contributed by atoms with Gasteiger partial charge in [0.15, 0.2) is 11.3 Å². The number of aromatic hydroxyl groups is 4. The maximum atomic E-state index is 12.4. The van der Waals surface area contributed by atoms with E-state index in [9.17, 15) is 25.2 Å². The molecule has 0 fully saturated rings. The quantitative estimate of drug-likeness (QED) is 0.398. The Hall–Kier alpha value is -3.09. The van der Waals surface area contributed by atoms with E-state index >= 15 is 0 Å². The number of hydrogen-bond donors (Lipinski definition) is 4. The number of rotatable bonds is 1. The van der Waals surface area contributed by atoms with Crippen LogP contribution >= 0.6 is 0 Å². The number of phenolic OH excluding ortho intramolecular Hbond substituents is 4. The summed E-state index contributed by atoms with van der Waals surface area (Å²) in [7, 11) is 1.26. The fraction of sp³-hybridized carbons (Fsp3) is 0.0714. The highest BCUT2D eigenvalue weighted by atomic mass is 16.5. The van der Waals surface area contributed by atoms with Gasteiger partial charge in [0.1, 0.15) is 22.5 Å². The molecule has 0 spiro atoms. The Morgan fingerprint density at radius 1 is 1.05 bits per heavy atom. The SMILES string of the molecule is COc1cc2c(=O)c3c(O)cc(O)cc3oc2c(O)c1O. The lowest BCUT2D eigenvalue weighted by Crippen LogP contribution is -2.03. The molecule has 2 aromatic carbocycles. The third-order valence-electron chi connectivity index (χ3n) is 3.16. The van der Waals surface area contributed by atoms with Crippen molar-refractivity contribution in [1.29, 1.82) is 0 Å². The van der Waals surface area contributed by atoms with Crippen LogP contribution in [0.25, 0.3) is 21.9 Å². The Kier molecular flexibility index (Phi) is 2.59. The zero-order chi connectivity index (χ0) is 15.3. The Balaban J connectivity index is 2.60. The van der Waals surface area contributed by atoms with Gasteiger partial charge in [-0.25, -0.2) is 0 Å². The molecule has 0 unspecified atom stereocenters. The minimum absolute atomic E-state index is 0.0735. The number of benzene rings is 2. The first kappa shape index (κ1) is 12.9. The predicted octanol–water partition coefficient (Wildman–Crippen LogP) is 1.78. The smallest absolute Gasteiger partial charge is 0.205 e. The summed E-state index contributed by atoms with van der Waals surface area (Å²) in [6, 6.07) is 3.32. The van der Waals surface area contributed by atoms with Gasteiger partial charge in [0.2, 0.25) is 16.9 Å². The van der Waals surface area contributed by atoms with Crippen LogP contribution < -0.4 is 10.2 Å². The number of methoxy groups -OCH3 is 1. The van der Waals surface area contributed by atoms with E-state index < -0.39 is 22.7 Å². The van der Waals surface area contributed by atoms with Crippen molar-refractivity contribution in [3.63, 3.8) is 0 Å². The van der Waals surface area contributed by atoms with E-state index in [1.54, 1.807) is 0 Å². The van der Waals surface area contributed by atoms with Gasteiger partial charge in [-0.1, -0.05) is 0 Å². The van der Waals surface area contributed by atoms with Gasteiger partial charge in [-0.3, -0.25) is 4.79 Å². The Bertz CT molecular complexity index is 940. The molecule has 0 atom stereocenters. The van der Waals surface area contributed by atoms with Gasteiger partial charge in [0.25, 0.3) is 0 Å². The molecule has 4 N–H and O–H groups in total. The van der Waals surface area contributed by atoms with Crippen LogP contribution in [0.3, 0.4) is 0 Å². The van der Waals surface area contributed by atoms with E-state index in [1.807, 2.05) is 0 Å². The van der Waals surface area contributed by atoms with Gasteiger partial charge in [-0.2, -0.15) is 0 Å². The lowest BCUT2D eigenvalue weighted by Gasteiger charge is -2.09. The van der Waals surface area contributed by atoms with E-state index in [0.29, 0.717) is 0 Å². The van der Waals surface area contributed by atoms with Crippen molar-refractivity contribution < 1.29 is 29.6 Å². The summed E-state index contributed by atoms with van der Waals surface area (Å²) in [5, 5.41) is 38.6. The fourth-order valence-electron chi connectivity index (χ4n) is 2.18. The molecular formula is C14H10O7. The number of phenols is 4. The third-order valence-corrected chi connectivity index (χ3v) is 3.16. The third kappa shape index (κ3) is 1.71. The molecule has 7 heteroatoms. The second kappa shape index (κ2) is 4.20.